The monoisotopic (exact) mass is 258 g/mol. The summed E-state index contributed by atoms with van der Waals surface area (Å²) in [6.07, 6.45) is 5.82. The maximum absolute atomic E-state index is 4.67. The SMILES string of the molecule is [c]1ncc(N=C(c2ccccc2)c2ccccc2)cn1. The molecule has 95 valence electrons. The lowest BCUT2D eigenvalue weighted by Gasteiger charge is -2.07. The van der Waals surface area contributed by atoms with Gasteiger partial charge >= 0.3 is 0 Å². The Morgan fingerprint density at radius 1 is 0.750 bits per heavy atom. The van der Waals surface area contributed by atoms with Gasteiger partial charge < -0.3 is 0 Å². The van der Waals surface area contributed by atoms with E-state index in [1.165, 1.54) is 0 Å². The first kappa shape index (κ1) is 12.2. The van der Waals surface area contributed by atoms with E-state index < -0.39 is 0 Å². The minimum atomic E-state index is 0.714. The van der Waals surface area contributed by atoms with E-state index in [0.29, 0.717) is 5.69 Å². The van der Waals surface area contributed by atoms with Crippen LogP contribution in [-0.2, 0) is 0 Å². The van der Waals surface area contributed by atoms with Crippen LogP contribution in [-0.4, -0.2) is 15.7 Å². The summed E-state index contributed by atoms with van der Waals surface area (Å²) in [6, 6.07) is 20.2. The second kappa shape index (κ2) is 5.89. The lowest BCUT2D eigenvalue weighted by atomic mass is 10.0. The molecule has 1 radical (unpaired) electrons. The molecule has 0 spiro atoms. The van der Waals surface area contributed by atoms with Crippen LogP contribution in [0.2, 0.25) is 0 Å². The number of aromatic nitrogens is 2. The summed E-state index contributed by atoms with van der Waals surface area (Å²) in [5, 5.41) is 0. The van der Waals surface area contributed by atoms with Gasteiger partial charge in [-0.05, 0) is 0 Å². The Kier molecular flexibility index (Phi) is 3.60. The Balaban J connectivity index is 2.12. The number of benzene rings is 2. The minimum absolute atomic E-state index is 0.714. The zero-order valence-corrected chi connectivity index (χ0v) is 10.8. The highest BCUT2D eigenvalue weighted by molar-refractivity contribution is 6.13. The Morgan fingerprint density at radius 3 is 1.75 bits per heavy atom. The molecule has 2 aromatic carbocycles. The van der Waals surface area contributed by atoms with E-state index in [4.69, 9.17) is 0 Å². The fourth-order valence-corrected chi connectivity index (χ4v) is 1.93. The molecule has 0 aliphatic rings. The van der Waals surface area contributed by atoms with Crippen LogP contribution < -0.4 is 0 Å². The lowest BCUT2D eigenvalue weighted by Crippen LogP contribution is -2.02. The van der Waals surface area contributed by atoms with E-state index in [0.717, 1.165) is 16.8 Å². The first-order valence-electron chi connectivity index (χ1n) is 6.31. The van der Waals surface area contributed by atoms with Crippen molar-refractivity contribution in [3.8, 4) is 0 Å². The van der Waals surface area contributed by atoms with Gasteiger partial charge in [0.15, 0.2) is 6.33 Å². The highest BCUT2D eigenvalue weighted by Gasteiger charge is 2.06. The van der Waals surface area contributed by atoms with E-state index in [2.05, 4.69) is 21.3 Å². The van der Waals surface area contributed by atoms with Crippen molar-refractivity contribution in [1.29, 1.82) is 0 Å². The Hall–Kier alpha value is -2.81. The largest absolute Gasteiger partial charge is 0.245 e. The molecule has 1 aromatic heterocycles. The smallest absolute Gasteiger partial charge is 0.197 e. The maximum Gasteiger partial charge on any atom is 0.197 e. The van der Waals surface area contributed by atoms with Gasteiger partial charge in [0.25, 0.3) is 0 Å². The number of aliphatic imine (C=N–C) groups is 1. The number of hydrogen-bond acceptors (Lipinski definition) is 3. The predicted octanol–water partition coefficient (Wildman–Crippen LogP) is 3.45. The fourth-order valence-electron chi connectivity index (χ4n) is 1.93. The zero-order valence-electron chi connectivity index (χ0n) is 10.8. The lowest BCUT2D eigenvalue weighted by molar-refractivity contribution is 1.14. The molecule has 20 heavy (non-hydrogen) atoms. The minimum Gasteiger partial charge on any atom is -0.245 e. The van der Waals surface area contributed by atoms with Crippen LogP contribution in [0.3, 0.4) is 0 Å². The summed E-state index contributed by atoms with van der Waals surface area (Å²) < 4.78 is 0. The molecule has 0 atom stereocenters. The van der Waals surface area contributed by atoms with Crippen molar-refractivity contribution in [1.82, 2.24) is 9.97 Å². The Bertz CT molecular complexity index is 651. The third kappa shape index (κ3) is 2.78. The molecule has 0 fully saturated rings. The van der Waals surface area contributed by atoms with Gasteiger partial charge in [-0.1, -0.05) is 60.7 Å². The molecule has 0 aliphatic heterocycles. The molecule has 3 heteroatoms. The van der Waals surface area contributed by atoms with E-state index in [-0.39, 0.29) is 0 Å². The Labute approximate surface area is 117 Å². The zero-order chi connectivity index (χ0) is 13.6. The van der Waals surface area contributed by atoms with Gasteiger partial charge in [-0.3, -0.25) is 0 Å². The molecular weight excluding hydrogens is 246 g/mol. The average molecular weight is 258 g/mol. The van der Waals surface area contributed by atoms with Crippen LogP contribution >= 0.6 is 0 Å². The van der Waals surface area contributed by atoms with Gasteiger partial charge in [0.1, 0.15) is 5.69 Å². The summed E-state index contributed by atoms with van der Waals surface area (Å²) in [5.74, 6) is 0. The highest BCUT2D eigenvalue weighted by atomic mass is 14.9. The average Bonchev–Trinajstić information content (AvgIpc) is 2.55. The second-order valence-corrected chi connectivity index (χ2v) is 4.23. The quantitative estimate of drug-likeness (QED) is 0.675. The van der Waals surface area contributed by atoms with Crippen LogP contribution in [0.5, 0.6) is 0 Å². The highest BCUT2D eigenvalue weighted by Crippen LogP contribution is 2.16. The molecular formula is C17H12N3. The van der Waals surface area contributed by atoms with Crippen LogP contribution in [0.15, 0.2) is 78.0 Å². The normalized spacial score (nSPS) is 10.0. The van der Waals surface area contributed by atoms with Crippen LogP contribution in [0.1, 0.15) is 11.1 Å². The van der Waals surface area contributed by atoms with E-state index in [9.17, 15) is 0 Å². The molecule has 3 rings (SSSR count). The van der Waals surface area contributed by atoms with E-state index >= 15 is 0 Å². The molecule has 1 heterocycles. The number of nitrogens with zero attached hydrogens (tertiary/aromatic N) is 3. The fraction of sp³-hybridized carbons (Fsp3) is 0. The van der Waals surface area contributed by atoms with Crippen LogP contribution in [0.25, 0.3) is 0 Å². The van der Waals surface area contributed by atoms with Crippen molar-refractivity contribution in [2.45, 2.75) is 0 Å². The second-order valence-electron chi connectivity index (χ2n) is 4.23. The standard InChI is InChI=1S/C17H12N3/c1-3-7-14(8-4-1)17(15-9-5-2-6-10-15)20-16-11-18-13-19-12-16/h1-12H. The van der Waals surface area contributed by atoms with Gasteiger partial charge in [-0.2, -0.15) is 0 Å². The van der Waals surface area contributed by atoms with Gasteiger partial charge in [-0.25, -0.2) is 15.0 Å². The molecule has 0 unspecified atom stereocenters. The summed E-state index contributed by atoms with van der Waals surface area (Å²) in [4.78, 5) is 12.4. The first-order valence-corrected chi connectivity index (χ1v) is 6.31. The molecule has 0 amide bonds. The first-order chi connectivity index (χ1) is 9.93. The van der Waals surface area contributed by atoms with E-state index in [1.54, 1.807) is 12.4 Å². The predicted molar refractivity (Wildman–Crippen MR) is 79.1 cm³/mol. The van der Waals surface area contributed by atoms with Crippen molar-refractivity contribution < 1.29 is 0 Å². The van der Waals surface area contributed by atoms with Gasteiger partial charge in [-0.15, -0.1) is 0 Å². The number of rotatable bonds is 3. The van der Waals surface area contributed by atoms with Gasteiger partial charge in [0, 0.05) is 11.1 Å². The van der Waals surface area contributed by atoms with Crippen molar-refractivity contribution in [3.05, 3.63) is 90.5 Å². The number of hydrogen-bond donors (Lipinski definition) is 0. The third-order valence-electron chi connectivity index (χ3n) is 2.84. The molecule has 0 bridgehead atoms. The van der Waals surface area contributed by atoms with Crippen LogP contribution in [0, 0.1) is 6.33 Å². The molecule has 3 nitrogen and oxygen atoms in total. The molecule has 0 saturated carbocycles. The Morgan fingerprint density at radius 2 is 1.25 bits per heavy atom. The van der Waals surface area contributed by atoms with Crippen molar-refractivity contribution >= 4 is 11.4 Å². The molecule has 0 saturated heterocycles. The van der Waals surface area contributed by atoms with Crippen LogP contribution in [0.4, 0.5) is 5.69 Å². The summed E-state index contributed by atoms with van der Waals surface area (Å²) >= 11 is 0. The molecule has 0 N–H and O–H groups in total. The van der Waals surface area contributed by atoms with Gasteiger partial charge in [0.05, 0.1) is 18.1 Å². The van der Waals surface area contributed by atoms with E-state index in [1.807, 2.05) is 60.7 Å². The molecule has 3 aromatic rings. The van der Waals surface area contributed by atoms with Crippen molar-refractivity contribution in [2.24, 2.45) is 4.99 Å². The summed E-state index contributed by atoms with van der Waals surface area (Å²) in [6.45, 7) is 0. The third-order valence-corrected chi connectivity index (χ3v) is 2.84. The topological polar surface area (TPSA) is 38.1 Å². The summed E-state index contributed by atoms with van der Waals surface area (Å²) in [7, 11) is 0. The maximum atomic E-state index is 4.67. The van der Waals surface area contributed by atoms with Crippen molar-refractivity contribution in [2.75, 3.05) is 0 Å². The van der Waals surface area contributed by atoms with Gasteiger partial charge in [0.2, 0.25) is 0 Å². The molecule has 0 aliphatic carbocycles. The summed E-state index contributed by atoms with van der Waals surface area (Å²) in [5.41, 5.74) is 3.74. The van der Waals surface area contributed by atoms with Crippen molar-refractivity contribution in [3.63, 3.8) is 0 Å².